The third-order valence-electron chi connectivity index (χ3n) is 5.50. The first-order valence-corrected chi connectivity index (χ1v) is 13.5. The number of rotatable bonds is 7. The molecule has 1 N–H and O–H groups in total. The third kappa shape index (κ3) is 4.59. The number of para-hydroxylation sites is 2. The van der Waals surface area contributed by atoms with E-state index in [1.54, 1.807) is 43.5 Å². The molecule has 0 amide bonds. The molecule has 0 radical (unpaired) electrons. The summed E-state index contributed by atoms with van der Waals surface area (Å²) >= 11 is -1.49. The lowest BCUT2D eigenvalue weighted by Gasteiger charge is -2.29. The Balaban J connectivity index is 2.02. The van der Waals surface area contributed by atoms with Crippen molar-refractivity contribution in [1.82, 2.24) is 8.69 Å². The van der Waals surface area contributed by atoms with E-state index in [-0.39, 0.29) is 4.90 Å². The van der Waals surface area contributed by atoms with Gasteiger partial charge in [-0.25, -0.2) is 12.4 Å². The summed E-state index contributed by atoms with van der Waals surface area (Å²) in [5.74, 6) is 0.569. The third-order valence-corrected chi connectivity index (χ3v) is 8.82. The first-order chi connectivity index (χ1) is 16.1. The minimum absolute atomic E-state index is 0.174. The molecule has 2 atom stereocenters. The van der Waals surface area contributed by atoms with E-state index in [1.165, 1.54) is 3.97 Å². The summed E-state index contributed by atoms with van der Waals surface area (Å²) in [4.78, 5) is 0.174. The molecule has 4 aromatic rings. The van der Waals surface area contributed by atoms with Gasteiger partial charge in [0.15, 0.2) is 0 Å². The van der Waals surface area contributed by atoms with Crippen molar-refractivity contribution < 1.29 is 17.7 Å². The molecule has 4 rings (SSSR count). The molecule has 8 heteroatoms. The average molecular weight is 497 g/mol. The van der Waals surface area contributed by atoms with Crippen LogP contribution in [0.4, 0.5) is 0 Å². The van der Waals surface area contributed by atoms with Gasteiger partial charge in [0.05, 0.1) is 23.2 Å². The van der Waals surface area contributed by atoms with Gasteiger partial charge in [0, 0.05) is 22.3 Å². The van der Waals surface area contributed by atoms with Crippen molar-refractivity contribution in [2.75, 3.05) is 7.11 Å². The Morgan fingerprint density at radius 1 is 0.941 bits per heavy atom. The van der Waals surface area contributed by atoms with Gasteiger partial charge in [0.25, 0.3) is 10.0 Å². The Bertz CT molecular complexity index is 1390. The Hall–Kier alpha value is -2.78. The quantitative estimate of drug-likeness (QED) is 0.363. The molecule has 0 saturated carbocycles. The summed E-state index contributed by atoms with van der Waals surface area (Å²) in [7, 11) is -2.40. The van der Waals surface area contributed by atoms with Crippen LogP contribution in [0.15, 0.2) is 89.8 Å². The van der Waals surface area contributed by atoms with Crippen LogP contribution >= 0.6 is 0 Å². The van der Waals surface area contributed by atoms with Crippen molar-refractivity contribution in [3.8, 4) is 5.75 Å². The van der Waals surface area contributed by atoms with Crippen LogP contribution in [-0.4, -0.2) is 28.8 Å². The largest absolute Gasteiger partial charge is 0.598 e. The van der Waals surface area contributed by atoms with Crippen molar-refractivity contribution in [1.29, 1.82) is 0 Å². The van der Waals surface area contributed by atoms with Crippen LogP contribution in [0, 0.1) is 0 Å². The van der Waals surface area contributed by atoms with Crippen LogP contribution in [0.1, 0.15) is 38.1 Å². The number of hydrogen-bond donors (Lipinski definition) is 1. The van der Waals surface area contributed by atoms with E-state index in [9.17, 15) is 13.0 Å². The van der Waals surface area contributed by atoms with E-state index in [2.05, 4.69) is 4.72 Å². The second-order valence-corrected chi connectivity index (χ2v) is 12.7. The van der Waals surface area contributed by atoms with Gasteiger partial charge in [0.1, 0.15) is 16.5 Å². The Morgan fingerprint density at radius 3 is 2.24 bits per heavy atom. The van der Waals surface area contributed by atoms with Crippen molar-refractivity contribution in [2.24, 2.45) is 0 Å². The molecular weight excluding hydrogens is 468 g/mol. The summed E-state index contributed by atoms with van der Waals surface area (Å²) in [6.07, 6.45) is 0. The van der Waals surface area contributed by atoms with Gasteiger partial charge >= 0.3 is 0 Å². The second-order valence-electron chi connectivity index (χ2n) is 8.88. The highest BCUT2D eigenvalue weighted by molar-refractivity contribution is 7.91. The molecule has 0 aliphatic rings. The summed E-state index contributed by atoms with van der Waals surface area (Å²) in [5.41, 5.74) is 1.69. The summed E-state index contributed by atoms with van der Waals surface area (Å²) in [5, 5.41) is 0.764. The fourth-order valence-corrected chi connectivity index (χ4v) is 6.18. The molecule has 0 spiro atoms. The fourth-order valence-electron chi connectivity index (χ4n) is 3.79. The van der Waals surface area contributed by atoms with E-state index in [1.807, 2.05) is 69.3 Å². The van der Waals surface area contributed by atoms with Crippen molar-refractivity contribution in [3.05, 3.63) is 96.2 Å². The number of benzene rings is 3. The highest BCUT2D eigenvalue weighted by Gasteiger charge is 2.35. The normalized spacial score (nSPS) is 14.1. The number of ether oxygens (including phenoxy) is 1. The minimum atomic E-state index is -3.96. The predicted molar refractivity (Wildman–Crippen MR) is 137 cm³/mol. The fraction of sp³-hybridized carbons (Fsp3) is 0.231. The molecule has 34 heavy (non-hydrogen) atoms. The van der Waals surface area contributed by atoms with Crippen LogP contribution < -0.4 is 9.46 Å². The number of methoxy groups -OCH3 is 1. The molecule has 1 aromatic heterocycles. The van der Waals surface area contributed by atoms with Crippen LogP contribution in [0.5, 0.6) is 5.75 Å². The second kappa shape index (κ2) is 9.46. The Kier molecular flexibility index (Phi) is 6.78. The lowest BCUT2D eigenvalue weighted by Crippen LogP contribution is -2.42. The lowest BCUT2D eigenvalue weighted by atomic mass is 10.0. The summed E-state index contributed by atoms with van der Waals surface area (Å²) < 4.78 is 50.7. The minimum Gasteiger partial charge on any atom is -0.598 e. The van der Waals surface area contributed by atoms with Gasteiger partial charge in [-0.1, -0.05) is 54.6 Å². The number of nitrogens with one attached hydrogen (secondary N) is 1. The van der Waals surface area contributed by atoms with E-state index in [4.69, 9.17) is 4.74 Å². The van der Waals surface area contributed by atoms with Crippen molar-refractivity contribution in [3.63, 3.8) is 0 Å². The van der Waals surface area contributed by atoms with Crippen LogP contribution in [0.25, 0.3) is 10.9 Å². The molecular formula is C26H28N2O4S2. The van der Waals surface area contributed by atoms with E-state index >= 15 is 0 Å². The molecule has 0 aliphatic heterocycles. The molecule has 0 bridgehead atoms. The summed E-state index contributed by atoms with van der Waals surface area (Å²) in [6, 6.07) is 24.1. The van der Waals surface area contributed by atoms with Crippen LogP contribution in [-0.2, 0) is 21.4 Å². The number of fused-ring (bicyclic) bond motifs is 1. The van der Waals surface area contributed by atoms with Gasteiger partial charge in [-0.3, -0.25) is 0 Å². The maximum atomic E-state index is 13.9. The van der Waals surface area contributed by atoms with Gasteiger partial charge in [-0.05, 0) is 51.1 Å². The van der Waals surface area contributed by atoms with E-state index in [0.29, 0.717) is 22.5 Å². The average Bonchev–Trinajstić information content (AvgIpc) is 3.22. The zero-order chi connectivity index (χ0) is 24.5. The molecule has 0 aliphatic carbocycles. The molecule has 1 unspecified atom stereocenters. The summed E-state index contributed by atoms with van der Waals surface area (Å²) in [6.45, 7) is 5.60. The SMILES string of the molecule is COc1ccccc1C(N[S@@+]([O-])C(C)(C)C)c1cc2ccccc2n1S(=O)(=O)c1ccccc1. The van der Waals surface area contributed by atoms with E-state index in [0.717, 1.165) is 5.39 Å². The molecule has 6 nitrogen and oxygen atoms in total. The molecule has 0 saturated heterocycles. The number of hydrogen-bond acceptors (Lipinski definition) is 5. The first-order valence-electron chi connectivity index (χ1n) is 10.9. The highest BCUT2D eigenvalue weighted by atomic mass is 32.2. The molecule has 1 heterocycles. The molecule has 0 fully saturated rings. The maximum absolute atomic E-state index is 13.9. The topological polar surface area (TPSA) is 83.4 Å². The smallest absolute Gasteiger partial charge is 0.268 e. The lowest BCUT2D eigenvalue weighted by molar-refractivity contribution is 0.405. The van der Waals surface area contributed by atoms with E-state index < -0.39 is 32.2 Å². The number of nitrogens with zero attached hydrogens (tertiary/aromatic N) is 1. The Morgan fingerprint density at radius 2 is 1.56 bits per heavy atom. The first kappa shape index (κ1) is 24.3. The van der Waals surface area contributed by atoms with Crippen LogP contribution in [0.2, 0.25) is 0 Å². The molecule has 178 valence electrons. The van der Waals surface area contributed by atoms with Crippen molar-refractivity contribution >= 4 is 32.3 Å². The van der Waals surface area contributed by atoms with Gasteiger partial charge in [-0.15, -0.1) is 4.72 Å². The zero-order valence-corrected chi connectivity index (χ0v) is 21.2. The highest BCUT2D eigenvalue weighted by Crippen LogP contribution is 2.36. The predicted octanol–water partition coefficient (Wildman–Crippen LogP) is 5.03. The zero-order valence-electron chi connectivity index (χ0n) is 19.6. The van der Waals surface area contributed by atoms with Crippen molar-refractivity contribution in [2.45, 2.75) is 36.5 Å². The van der Waals surface area contributed by atoms with Gasteiger partial charge < -0.3 is 9.29 Å². The Labute approximate surface area is 203 Å². The monoisotopic (exact) mass is 496 g/mol. The number of aromatic nitrogens is 1. The van der Waals surface area contributed by atoms with Gasteiger partial charge in [0.2, 0.25) is 0 Å². The standard InChI is InChI=1S/C26H28N2O4S2/c1-26(2,3)33(29)27-25(21-15-9-11-17-24(21)32-4)23-18-19-12-8-10-16-22(19)28(23)34(30,31)20-13-6-5-7-14-20/h5-18,25,27H,1-4H3/t25?,33-/m0/s1. The van der Waals surface area contributed by atoms with Gasteiger partial charge in [-0.2, -0.15) is 0 Å². The molecule has 3 aromatic carbocycles. The maximum Gasteiger partial charge on any atom is 0.268 e. The van der Waals surface area contributed by atoms with Crippen LogP contribution in [0.3, 0.4) is 0 Å².